The number of thioether (sulfide) groups is 1. The molecule has 6 fully saturated rings. The van der Waals surface area contributed by atoms with Crippen molar-refractivity contribution >= 4 is 11.8 Å². The van der Waals surface area contributed by atoms with E-state index >= 15 is 0 Å². The van der Waals surface area contributed by atoms with Crippen LogP contribution in [-0.4, -0.2) is 49.8 Å². The summed E-state index contributed by atoms with van der Waals surface area (Å²) < 4.78 is 10.2. The van der Waals surface area contributed by atoms with Crippen LogP contribution in [0.2, 0.25) is 0 Å². The smallest absolute Gasteiger partial charge is 0.0937 e. The molecule has 0 aromatic carbocycles. The Kier molecular flexibility index (Phi) is 31.1. The highest BCUT2D eigenvalue weighted by molar-refractivity contribution is 7.99. The summed E-state index contributed by atoms with van der Waals surface area (Å²) in [5.74, 6) is 3.43. The minimum absolute atomic E-state index is 0.595. The highest BCUT2D eigenvalue weighted by Gasteiger charge is 2.28. The van der Waals surface area contributed by atoms with E-state index in [-0.39, 0.29) is 0 Å². The van der Waals surface area contributed by atoms with Crippen LogP contribution in [0.4, 0.5) is 0 Å². The van der Waals surface area contributed by atoms with Gasteiger partial charge in [0.15, 0.2) is 0 Å². The van der Waals surface area contributed by atoms with Gasteiger partial charge in [-0.25, -0.2) is 0 Å². The fraction of sp³-hybridized carbons (Fsp3) is 0.932. The van der Waals surface area contributed by atoms with Crippen LogP contribution in [0.5, 0.6) is 0 Å². The van der Waals surface area contributed by atoms with Crippen LogP contribution in [0.3, 0.4) is 0 Å². The zero-order valence-electron chi connectivity index (χ0n) is 45.8. The Bertz CT molecular complexity index is 1070. The number of likely N-dealkylation sites (tertiary alicyclic amines) is 1. The van der Waals surface area contributed by atoms with Gasteiger partial charge in [-0.15, -0.1) is 0 Å². The van der Waals surface area contributed by atoms with Crippen molar-refractivity contribution in [2.24, 2.45) is 32.5 Å². The molecule has 6 aliphatic rings. The van der Waals surface area contributed by atoms with E-state index in [0.717, 1.165) is 29.5 Å². The molecular formula is C59H115NO2S. The van der Waals surface area contributed by atoms with Crippen LogP contribution in [-0.2, 0) is 4.74 Å². The predicted octanol–water partition coefficient (Wildman–Crippen LogP) is 19.8. The normalized spacial score (nSPS) is 24.4. The monoisotopic (exact) mass is 902 g/mol. The van der Waals surface area contributed by atoms with E-state index in [0.29, 0.717) is 22.2 Å². The highest BCUT2D eigenvalue weighted by atomic mass is 32.2. The SMILES string of the molecule is CCC(C)c1ccoc1.CCC1(C)CCCC1.CCC1(C)CCCCC1.CCC1(C)CCCCC1.CCC1(C)CCN(C)CC1.CCC1(C)CCOCC1.CCC1(C)CCSCC1. The molecule has 7 rings (SSSR count). The number of piperidine rings is 1. The lowest BCUT2D eigenvalue weighted by Gasteiger charge is -2.37. The summed E-state index contributed by atoms with van der Waals surface area (Å²) in [6, 6.07) is 2.02. The molecule has 3 saturated heterocycles. The first kappa shape index (κ1) is 60.6. The van der Waals surface area contributed by atoms with Crippen LogP contribution < -0.4 is 0 Å². The number of hydrogen-bond acceptors (Lipinski definition) is 4. The average Bonchev–Trinajstić information content (AvgIpc) is 4.03. The van der Waals surface area contributed by atoms with Gasteiger partial charge < -0.3 is 14.1 Å². The Morgan fingerprint density at radius 3 is 1.11 bits per heavy atom. The van der Waals surface area contributed by atoms with Crippen molar-refractivity contribution in [1.82, 2.24) is 4.90 Å². The van der Waals surface area contributed by atoms with Crippen molar-refractivity contribution in [3.8, 4) is 0 Å². The predicted molar refractivity (Wildman–Crippen MR) is 286 cm³/mol. The Balaban J connectivity index is 0.000000368. The second-order valence-electron chi connectivity index (χ2n) is 23.7. The summed E-state index contributed by atoms with van der Waals surface area (Å²) in [7, 11) is 2.22. The topological polar surface area (TPSA) is 25.6 Å². The summed E-state index contributed by atoms with van der Waals surface area (Å²) in [4.78, 5) is 2.43. The number of furan rings is 1. The van der Waals surface area contributed by atoms with Gasteiger partial charge in [0.25, 0.3) is 0 Å². The van der Waals surface area contributed by atoms with Gasteiger partial charge in [0, 0.05) is 13.2 Å². The number of ether oxygens (including phenoxy) is 1. The Hall–Kier alpha value is -0.450. The lowest BCUT2D eigenvalue weighted by atomic mass is 9.74. The van der Waals surface area contributed by atoms with Gasteiger partial charge in [-0.3, -0.25) is 0 Å². The van der Waals surface area contributed by atoms with Gasteiger partial charge in [0.2, 0.25) is 0 Å². The lowest BCUT2D eigenvalue weighted by Crippen LogP contribution is -2.35. The molecule has 0 bridgehead atoms. The molecule has 1 unspecified atom stereocenters. The largest absolute Gasteiger partial charge is 0.472 e. The molecule has 3 nitrogen and oxygen atoms in total. The summed E-state index contributed by atoms with van der Waals surface area (Å²) in [6.45, 7) is 37.3. The fourth-order valence-electron chi connectivity index (χ4n) is 9.84. The average molecular weight is 903 g/mol. The van der Waals surface area contributed by atoms with E-state index < -0.39 is 0 Å². The Morgan fingerprint density at radius 1 is 0.492 bits per heavy atom. The molecule has 3 saturated carbocycles. The van der Waals surface area contributed by atoms with Crippen LogP contribution in [0.25, 0.3) is 0 Å². The highest BCUT2D eigenvalue weighted by Crippen LogP contribution is 2.41. The second kappa shape index (κ2) is 32.3. The Morgan fingerprint density at radius 2 is 0.825 bits per heavy atom. The maximum absolute atomic E-state index is 5.27. The quantitative estimate of drug-likeness (QED) is 0.260. The molecule has 0 radical (unpaired) electrons. The van der Waals surface area contributed by atoms with Crippen molar-refractivity contribution in [3.05, 3.63) is 24.2 Å². The number of hydrogen-bond donors (Lipinski definition) is 0. The molecule has 63 heavy (non-hydrogen) atoms. The zero-order chi connectivity index (χ0) is 47.3. The van der Waals surface area contributed by atoms with Crippen molar-refractivity contribution in [2.45, 2.75) is 276 Å². The molecule has 4 heterocycles. The first-order valence-electron chi connectivity index (χ1n) is 27.7. The first-order chi connectivity index (χ1) is 29.8. The molecule has 1 aromatic heterocycles. The fourth-order valence-corrected chi connectivity index (χ4v) is 11.3. The van der Waals surface area contributed by atoms with Crippen LogP contribution in [0.15, 0.2) is 23.0 Å². The zero-order valence-corrected chi connectivity index (χ0v) is 46.6. The molecule has 1 atom stereocenters. The van der Waals surface area contributed by atoms with E-state index in [4.69, 9.17) is 9.15 Å². The van der Waals surface area contributed by atoms with E-state index in [1.165, 1.54) is 204 Å². The number of nitrogens with zero attached hydrogens (tertiary/aromatic N) is 1. The molecule has 1 aromatic rings. The molecule has 0 amide bonds. The maximum atomic E-state index is 5.27. The van der Waals surface area contributed by atoms with E-state index in [1.807, 2.05) is 12.3 Å². The van der Waals surface area contributed by atoms with Gasteiger partial charge in [-0.05, 0) is 165 Å². The van der Waals surface area contributed by atoms with Gasteiger partial charge >= 0.3 is 0 Å². The summed E-state index contributed by atoms with van der Waals surface area (Å²) in [5.41, 5.74) is 5.43. The van der Waals surface area contributed by atoms with Crippen molar-refractivity contribution in [2.75, 3.05) is 44.9 Å². The lowest BCUT2D eigenvalue weighted by molar-refractivity contribution is 0.0221. The molecule has 3 aliphatic carbocycles. The summed E-state index contributed by atoms with van der Waals surface area (Å²) >= 11 is 2.11. The molecule has 3 aliphatic heterocycles. The summed E-state index contributed by atoms with van der Waals surface area (Å²) in [5, 5.41) is 0. The standard InChI is InChI=1S/C9H19N.2C9H18.C8H16O.C8H12O.C8H16S.C8H16/c1-4-9(2)5-7-10(3)8-6-9;2*1-3-9(2)7-5-4-6-8-9;1-3-8(2)4-6-9-7-5-8;1-3-7(2)8-4-5-9-6-8;1-3-8(2)4-6-9-7-5-8;1-3-8(2)6-4-5-7-8/h4-8H2,1-3H3;2*3-8H2,1-2H3;3-7H2,1-2H3;4-7H,3H2,1-2H3;3-7H2,1-2H3;3-7H2,1-2H3. The van der Waals surface area contributed by atoms with E-state index in [1.54, 1.807) is 6.26 Å². The molecular weight excluding hydrogens is 787 g/mol. The van der Waals surface area contributed by atoms with Crippen LogP contribution in [0.1, 0.15) is 282 Å². The van der Waals surface area contributed by atoms with Crippen molar-refractivity contribution < 1.29 is 9.15 Å². The van der Waals surface area contributed by atoms with Gasteiger partial charge in [-0.2, -0.15) is 11.8 Å². The van der Waals surface area contributed by atoms with Gasteiger partial charge in [-0.1, -0.05) is 187 Å². The third kappa shape index (κ3) is 26.0. The van der Waals surface area contributed by atoms with E-state index in [9.17, 15) is 0 Å². The summed E-state index contributed by atoms with van der Waals surface area (Å²) in [6.07, 6.45) is 41.7. The second-order valence-corrected chi connectivity index (χ2v) is 24.9. The molecule has 4 heteroatoms. The van der Waals surface area contributed by atoms with Crippen molar-refractivity contribution in [3.63, 3.8) is 0 Å². The first-order valence-corrected chi connectivity index (χ1v) is 28.9. The minimum atomic E-state index is 0.595. The molecule has 0 N–H and O–H groups in total. The number of rotatable bonds is 8. The van der Waals surface area contributed by atoms with Gasteiger partial charge in [0.1, 0.15) is 0 Å². The minimum Gasteiger partial charge on any atom is -0.472 e. The maximum Gasteiger partial charge on any atom is 0.0937 e. The molecule has 374 valence electrons. The third-order valence-corrected chi connectivity index (χ3v) is 19.4. The molecule has 0 spiro atoms. The third-order valence-electron chi connectivity index (χ3n) is 18.4. The van der Waals surface area contributed by atoms with Crippen LogP contribution >= 0.6 is 11.8 Å². The van der Waals surface area contributed by atoms with Crippen molar-refractivity contribution in [1.29, 1.82) is 0 Å². The van der Waals surface area contributed by atoms with Crippen LogP contribution in [0, 0.1) is 32.5 Å². The Labute approximate surface area is 401 Å². The van der Waals surface area contributed by atoms with E-state index in [2.05, 4.69) is 121 Å². The van der Waals surface area contributed by atoms with Gasteiger partial charge in [0.05, 0.1) is 12.5 Å².